The van der Waals surface area contributed by atoms with E-state index >= 15 is 0 Å². The first-order chi connectivity index (χ1) is 20.5. The Hall–Kier alpha value is -4.81. The van der Waals surface area contributed by atoms with E-state index in [0.29, 0.717) is 54.2 Å². The number of fused-ring (bicyclic) bond motifs is 1. The Labute approximate surface area is 247 Å². The molecule has 5 rings (SSSR count). The van der Waals surface area contributed by atoms with Crippen LogP contribution in [0.4, 0.5) is 30.9 Å². The predicted molar refractivity (Wildman–Crippen MR) is 156 cm³/mol. The zero-order valence-corrected chi connectivity index (χ0v) is 24.1. The molecule has 0 unspecified atom stereocenters. The number of benzene rings is 2. The molecule has 0 saturated carbocycles. The van der Waals surface area contributed by atoms with Crippen molar-refractivity contribution in [3.63, 3.8) is 0 Å². The number of nitrogens with zero attached hydrogens (tertiary/aromatic N) is 4. The number of nitrogens with one attached hydrogen (secondary N) is 3. The predicted octanol–water partition coefficient (Wildman–Crippen LogP) is 5.58. The average Bonchev–Trinajstić information content (AvgIpc) is 3.40. The maximum atomic E-state index is 13.9. The summed E-state index contributed by atoms with van der Waals surface area (Å²) in [5.41, 5.74) is 0.382. The summed E-state index contributed by atoms with van der Waals surface area (Å²) in [7, 11) is 0. The van der Waals surface area contributed by atoms with Crippen LogP contribution in [-0.4, -0.2) is 62.4 Å². The van der Waals surface area contributed by atoms with Gasteiger partial charge in [-0.2, -0.15) is 5.10 Å². The lowest BCUT2D eigenvalue weighted by Gasteiger charge is -2.33. The van der Waals surface area contributed by atoms with Crippen LogP contribution >= 0.6 is 0 Å². The zero-order chi connectivity index (χ0) is 30.6. The minimum Gasteiger partial charge on any atom is -0.493 e. The lowest BCUT2D eigenvalue weighted by atomic mass is 9.98. The fourth-order valence-corrected chi connectivity index (χ4v) is 4.65. The van der Waals surface area contributed by atoms with Crippen LogP contribution in [0.25, 0.3) is 10.9 Å². The van der Waals surface area contributed by atoms with E-state index in [1.54, 1.807) is 11.0 Å². The van der Waals surface area contributed by atoms with E-state index in [1.165, 1.54) is 18.5 Å². The van der Waals surface area contributed by atoms with Gasteiger partial charge in [0.25, 0.3) is 0 Å². The molecule has 1 saturated heterocycles. The molecule has 0 bridgehead atoms. The molecule has 1 fully saturated rings. The summed E-state index contributed by atoms with van der Waals surface area (Å²) in [6, 6.07) is 10.7. The fourth-order valence-electron chi connectivity index (χ4n) is 4.65. The third kappa shape index (κ3) is 7.73. The molecule has 13 heteroatoms. The zero-order valence-electron chi connectivity index (χ0n) is 24.1. The molecule has 0 spiro atoms. The summed E-state index contributed by atoms with van der Waals surface area (Å²) in [5, 5.41) is 13.2. The summed E-state index contributed by atoms with van der Waals surface area (Å²) >= 11 is 0. The molecule has 3 heterocycles. The second kappa shape index (κ2) is 12.6. The van der Waals surface area contributed by atoms with E-state index in [0.717, 1.165) is 24.3 Å². The fraction of sp³-hybridized carbons (Fsp3) is 0.367. The molecular weight excluding hydrogens is 560 g/mol. The number of piperidine rings is 1. The molecule has 2 amide bonds. The molecule has 226 valence electrons. The number of likely N-dealkylation sites (tertiary alicyclic amines) is 1. The summed E-state index contributed by atoms with van der Waals surface area (Å²) < 4.78 is 38.8. The standard InChI is InChI=1S/C30H33F2N7O4/c1-30(2,3)43-29(41)39-11-9-18(10-12-39)16-42-20-7-8-21-24(15-20)33-17-34-28(21)36-25-13-19(37-38-25)14-26(40)35-23-6-4-5-22(31)27(23)32/h4-8,13,15,17-18H,9-12,14,16H2,1-3H3,(H,35,40)(H2,33,34,36,37,38). The number of hydrogen-bond donors (Lipinski definition) is 3. The van der Waals surface area contributed by atoms with Crippen LogP contribution in [0.2, 0.25) is 0 Å². The molecule has 4 aromatic rings. The molecule has 1 aliphatic rings. The van der Waals surface area contributed by atoms with Crippen LogP contribution in [0, 0.1) is 17.6 Å². The van der Waals surface area contributed by atoms with Crippen molar-refractivity contribution in [1.29, 1.82) is 0 Å². The number of aromatic nitrogens is 4. The molecule has 0 atom stereocenters. The average molecular weight is 594 g/mol. The Morgan fingerprint density at radius 2 is 1.88 bits per heavy atom. The van der Waals surface area contributed by atoms with Crippen LogP contribution in [0.3, 0.4) is 0 Å². The van der Waals surface area contributed by atoms with Crippen molar-refractivity contribution in [2.24, 2.45) is 5.92 Å². The third-order valence-corrected chi connectivity index (χ3v) is 6.81. The summed E-state index contributed by atoms with van der Waals surface area (Å²) in [6.45, 7) is 7.37. The van der Waals surface area contributed by atoms with Crippen LogP contribution in [-0.2, 0) is 16.0 Å². The number of carbonyl (C=O) groups excluding carboxylic acids is 2. The number of rotatable bonds is 8. The van der Waals surface area contributed by atoms with Crippen molar-refractivity contribution >= 4 is 40.2 Å². The minimum absolute atomic E-state index is 0.129. The van der Waals surface area contributed by atoms with Gasteiger partial charge in [0, 0.05) is 36.3 Å². The number of halogens is 2. The number of anilines is 3. The number of ether oxygens (including phenoxy) is 2. The quantitative estimate of drug-likeness (QED) is 0.241. The normalized spacial score (nSPS) is 14.0. The van der Waals surface area contributed by atoms with Crippen LogP contribution < -0.4 is 15.4 Å². The molecule has 11 nitrogen and oxygen atoms in total. The Kier molecular flexibility index (Phi) is 8.69. The lowest BCUT2D eigenvalue weighted by molar-refractivity contribution is -0.115. The van der Waals surface area contributed by atoms with Gasteiger partial charge in [0.15, 0.2) is 17.5 Å². The van der Waals surface area contributed by atoms with Gasteiger partial charge in [-0.05, 0) is 63.8 Å². The molecule has 2 aromatic heterocycles. The summed E-state index contributed by atoms with van der Waals surface area (Å²) in [6.07, 6.45) is 2.68. The molecule has 1 aliphatic heterocycles. The molecule has 3 N–H and O–H groups in total. The Bertz CT molecular complexity index is 1610. The topological polar surface area (TPSA) is 134 Å². The van der Waals surface area contributed by atoms with Gasteiger partial charge in [-0.1, -0.05) is 6.07 Å². The molecular formula is C30H33F2N7O4. The van der Waals surface area contributed by atoms with Gasteiger partial charge in [-0.3, -0.25) is 9.89 Å². The molecule has 0 aliphatic carbocycles. The first-order valence-corrected chi connectivity index (χ1v) is 13.9. The first-order valence-electron chi connectivity index (χ1n) is 13.9. The van der Waals surface area contributed by atoms with Gasteiger partial charge in [0.05, 0.1) is 24.2 Å². The second-order valence-corrected chi connectivity index (χ2v) is 11.4. The number of hydrogen-bond acceptors (Lipinski definition) is 8. The van der Waals surface area contributed by atoms with Crippen molar-refractivity contribution in [2.75, 3.05) is 30.3 Å². The van der Waals surface area contributed by atoms with E-state index in [9.17, 15) is 18.4 Å². The Morgan fingerprint density at radius 1 is 1.09 bits per heavy atom. The Balaban J connectivity index is 1.14. The molecule has 0 radical (unpaired) electrons. The van der Waals surface area contributed by atoms with Crippen LogP contribution in [0.5, 0.6) is 5.75 Å². The van der Waals surface area contributed by atoms with Crippen LogP contribution in [0.1, 0.15) is 39.3 Å². The maximum Gasteiger partial charge on any atom is 0.410 e. The number of amides is 2. The first kappa shape index (κ1) is 29.7. The monoisotopic (exact) mass is 593 g/mol. The molecule has 43 heavy (non-hydrogen) atoms. The van der Waals surface area contributed by atoms with Crippen molar-refractivity contribution in [1.82, 2.24) is 25.1 Å². The highest BCUT2D eigenvalue weighted by molar-refractivity contribution is 5.93. The van der Waals surface area contributed by atoms with Gasteiger partial charge in [0.2, 0.25) is 5.91 Å². The van der Waals surface area contributed by atoms with E-state index in [4.69, 9.17) is 9.47 Å². The highest BCUT2D eigenvalue weighted by Crippen LogP contribution is 2.27. The summed E-state index contributed by atoms with van der Waals surface area (Å²) in [4.78, 5) is 35.1. The van der Waals surface area contributed by atoms with Gasteiger partial charge < -0.3 is 25.0 Å². The SMILES string of the molecule is CC(C)(C)OC(=O)N1CCC(COc2ccc3c(Nc4cc(CC(=O)Nc5cccc(F)c5F)[nH]n4)ncnc3c2)CC1. The van der Waals surface area contributed by atoms with Crippen molar-refractivity contribution in [2.45, 2.75) is 45.6 Å². The smallest absolute Gasteiger partial charge is 0.410 e. The van der Waals surface area contributed by atoms with Gasteiger partial charge in [-0.25, -0.2) is 23.5 Å². The van der Waals surface area contributed by atoms with E-state index < -0.39 is 23.1 Å². The highest BCUT2D eigenvalue weighted by Gasteiger charge is 2.27. The largest absolute Gasteiger partial charge is 0.493 e. The summed E-state index contributed by atoms with van der Waals surface area (Å²) in [5.74, 6) is -0.775. The number of aromatic amines is 1. The number of H-pyrrole nitrogens is 1. The van der Waals surface area contributed by atoms with E-state index in [1.807, 2.05) is 39.0 Å². The van der Waals surface area contributed by atoms with E-state index in [-0.39, 0.29) is 18.2 Å². The van der Waals surface area contributed by atoms with Gasteiger partial charge in [0.1, 0.15) is 23.5 Å². The minimum atomic E-state index is -1.12. The third-order valence-electron chi connectivity index (χ3n) is 6.81. The Morgan fingerprint density at radius 3 is 2.65 bits per heavy atom. The van der Waals surface area contributed by atoms with Crippen molar-refractivity contribution in [3.05, 3.63) is 66.1 Å². The van der Waals surface area contributed by atoms with Gasteiger partial charge in [-0.15, -0.1) is 0 Å². The van der Waals surface area contributed by atoms with Crippen molar-refractivity contribution in [3.8, 4) is 5.75 Å². The molecule has 2 aromatic carbocycles. The van der Waals surface area contributed by atoms with Crippen LogP contribution in [0.15, 0.2) is 48.8 Å². The lowest BCUT2D eigenvalue weighted by Crippen LogP contribution is -2.42. The number of carbonyl (C=O) groups is 2. The van der Waals surface area contributed by atoms with E-state index in [2.05, 4.69) is 30.8 Å². The highest BCUT2D eigenvalue weighted by atomic mass is 19.2. The maximum absolute atomic E-state index is 13.9. The van der Waals surface area contributed by atoms with Crippen molar-refractivity contribution < 1.29 is 27.8 Å². The van der Waals surface area contributed by atoms with Gasteiger partial charge >= 0.3 is 6.09 Å². The second-order valence-electron chi connectivity index (χ2n) is 11.4.